The number of thiophene rings is 1. The summed E-state index contributed by atoms with van der Waals surface area (Å²) in [7, 11) is 2.46. The predicted molar refractivity (Wildman–Crippen MR) is 121 cm³/mol. The number of carbonyl (C=O) groups is 4. The molecule has 2 aromatic carbocycles. The second-order valence-corrected chi connectivity index (χ2v) is 7.58. The molecular formula is C23H20N2O6S. The van der Waals surface area contributed by atoms with Crippen molar-refractivity contribution in [2.24, 2.45) is 0 Å². The molecule has 9 heteroatoms. The molecule has 1 aromatic heterocycles. The van der Waals surface area contributed by atoms with Gasteiger partial charge >= 0.3 is 11.9 Å². The van der Waals surface area contributed by atoms with E-state index in [1.165, 1.54) is 20.3 Å². The SMILES string of the molecule is COC(=O)c1ccccc1NC(=O)c1sc(NC(=O)c2ccccc2)c(C(=O)OC)c1C. The zero-order valence-corrected chi connectivity index (χ0v) is 18.4. The Labute approximate surface area is 188 Å². The Morgan fingerprint density at radius 3 is 2.06 bits per heavy atom. The van der Waals surface area contributed by atoms with Crippen LogP contribution in [0, 0.1) is 6.92 Å². The molecule has 32 heavy (non-hydrogen) atoms. The molecule has 8 nitrogen and oxygen atoms in total. The van der Waals surface area contributed by atoms with E-state index in [2.05, 4.69) is 10.6 Å². The molecule has 3 aromatic rings. The molecule has 0 aliphatic carbocycles. The number of rotatable bonds is 6. The molecule has 0 unspecified atom stereocenters. The molecule has 164 valence electrons. The molecular weight excluding hydrogens is 432 g/mol. The first-order valence-corrected chi connectivity index (χ1v) is 10.3. The lowest BCUT2D eigenvalue weighted by atomic mass is 10.1. The van der Waals surface area contributed by atoms with Gasteiger partial charge in [-0.1, -0.05) is 30.3 Å². The summed E-state index contributed by atoms with van der Waals surface area (Å²) >= 11 is 0.939. The van der Waals surface area contributed by atoms with Crippen molar-refractivity contribution < 1.29 is 28.7 Å². The fourth-order valence-electron chi connectivity index (χ4n) is 2.99. The third-order valence-corrected chi connectivity index (χ3v) is 5.79. The van der Waals surface area contributed by atoms with Crippen molar-refractivity contribution in [3.8, 4) is 0 Å². The number of carbonyl (C=O) groups excluding carboxylic acids is 4. The summed E-state index contributed by atoms with van der Waals surface area (Å²) in [5, 5.41) is 5.55. The maximum absolute atomic E-state index is 13.0. The minimum absolute atomic E-state index is 0.0909. The van der Waals surface area contributed by atoms with E-state index in [1.807, 2.05) is 0 Å². The monoisotopic (exact) mass is 452 g/mol. The van der Waals surface area contributed by atoms with Gasteiger partial charge in [0.1, 0.15) is 5.00 Å². The van der Waals surface area contributed by atoms with E-state index in [1.54, 1.807) is 55.5 Å². The topological polar surface area (TPSA) is 111 Å². The molecule has 0 fully saturated rings. The molecule has 3 rings (SSSR count). The minimum atomic E-state index is -0.684. The quantitative estimate of drug-likeness (QED) is 0.544. The molecule has 0 spiro atoms. The van der Waals surface area contributed by atoms with E-state index in [-0.39, 0.29) is 26.7 Å². The first-order chi connectivity index (χ1) is 15.4. The average Bonchev–Trinajstić information content (AvgIpc) is 3.14. The predicted octanol–water partition coefficient (Wildman–Crippen LogP) is 4.13. The van der Waals surface area contributed by atoms with Crippen LogP contribution in [0.4, 0.5) is 10.7 Å². The lowest BCUT2D eigenvalue weighted by molar-refractivity contribution is 0.0592. The Bertz CT molecular complexity index is 1190. The van der Waals surface area contributed by atoms with Crippen molar-refractivity contribution >= 4 is 45.8 Å². The highest BCUT2D eigenvalue weighted by molar-refractivity contribution is 7.19. The Kier molecular flexibility index (Phi) is 7.01. The molecule has 0 saturated heterocycles. The van der Waals surface area contributed by atoms with Gasteiger partial charge in [0.2, 0.25) is 0 Å². The summed E-state index contributed by atoms with van der Waals surface area (Å²) in [4.78, 5) is 50.2. The molecule has 1 heterocycles. The van der Waals surface area contributed by atoms with E-state index < -0.39 is 23.8 Å². The van der Waals surface area contributed by atoms with Crippen molar-refractivity contribution in [3.05, 3.63) is 81.7 Å². The maximum Gasteiger partial charge on any atom is 0.341 e. The largest absolute Gasteiger partial charge is 0.465 e. The summed E-state index contributed by atoms with van der Waals surface area (Å²) in [6.07, 6.45) is 0. The third kappa shape index (κ3) is 4.68. The van der Waals surface area contributed by atoms with Crippen molar-refractivity contribution in [3.63, 3.8) is 0 Å². The van der Waals surface area contributed by atoms with Gasteiger partial charge in [-0.15, -0.1) is 11.3 Å². The summed E-state index contributed by atoms with van der Waals surface area (Å²) in [5.41, 5.74) is 1.27. The first-order valence-electron chi connectivity index (χ1n) is 9.44. The number of ether oxygens (including phenoxy) is 2. The number of esters is 2. The van der Waals surface area contributed by atoms with E-state index in [9.17, 15) is 19.2 Å². The number of benzene rings is 2. The van der Waals surface area contributed by atoms with Crippen LogP contribution in [-0.4, -0.2) is 38.0 Å². The summed E-state index contributed by atoms with van der Waals surface area (Å²) < 4.78 is 9.59. The van der Waals surface area contributed by atoms with Gasteiger partial charge in [0.15, 0.2) is 0 Å². The van der Waals surface area contributed by atoms with E-state index in [0.29, 0.717) is 11.1 Å². The molecule has 0 bridgehead atoms. The van der Waals surface area contributed by atoms with E-state index in [0.717, 1.165) is 11.3 Å². The van der Waals surface area contributed by atoms with Gasteiger partial charge in [0.05, 0.1) is 35.9 Å². The Balaban J connectivity index is 1.96. The van der Waals surface area contributed by atoms with Crippen molar-refractivity contribution in [1.82, 2.24) is 0 Å². The van der Waals surface area contributed by atoms with Crippen LogP contribution in [0.15, 0.2) is 54.6 Å². The van der Waals surface area contributed by atoms with Crippen LogP contribution in [0.25, 0.3) is 0 Å². The second kappa shape index (κ2) is 9.88. The number of methoxy groups -OCH3 is 2. The molecule has 0 atom stereocenters. The zero-order valence-electron chi connectivity index (χ0n) is 17.6. The Hall–Kier alpha value is -3.98. The lowest BCUT2D eigenvalue weighted by Crippen LogP contribution is -2.15. The van der Waals surface area contributed by atoms with Crippen LogP contribution >= 0.6 is 11.3 Å². The molecule has 0 aliphatic rings. The van der Waals surface area contributed by atoms with Gasteiger partial charge in [-0.25, -0.2) is 9.59 Å². The number of anilines is 2. The van der Waals surface area contributed by atoms with E-state index in [4.69, 9.17) is 9.47 Å². The van der Waals surface area contributed by atoms with Gasteiger partial charge in [-0.05, 0) is 36.8 Å². The zero-order chi connectivity index (χ0) is 23.3. The average molecular weight is 452 g/mol. The Morgan fingerprint density at radius 2 is 1.41 bits per heavy atom. The molecule has 0 aliphatic heterocycles. The van der Waals surface area contributed by atoms with Crippen LogP contribution in [-0.2, 0) is 9.47 Å². The van der Waals surface area contributed by atoms with Crippen LogP contribution < -0.4 is 10.6 Å². The summed E-state index contributed by atoms with van der Waals surface area (Å²) in [6, 6.07) is 14.9. The molecule has 0 saturated carbocycles. The fourth-order valence-corrected chi connectivity index (χ4v) is 4.08. The Morgan fingerprint density at radius 1 is 0.781 bits per heavy atom. The summed E-state index contributed by atoms with van der Waals surface area (Å²) in [5.74, 6) is -2.26. The summed E-state index contributed by atoms with van der Waals surface area (Å²) in [6.45, 7) is 1.59. The number of para-hydroxylation sites is 1. The number of nitrogens with one attached hydrogen (secondary N) is 2. The normalized spacial score (nSPS) is 10.2. The van der Waals surface area contributed by atoms with E-state index >= 15 is 0 Å². The van der Waals surface area contributed by atoms with Crippen molar-refractivity contribution in [2.45, 2.75) is 6.92 Å². The van der Waals surface area contributed by atoms with Crippen LogP contribution in [0.2, 0.25) is 0 Å². The van der Waals surface area contributed by atoms with Gasteiger partial charge in [0, 0.05) is 5.56 Å². The second-order valence-electron chi connectivity index (χ2n) is 6.56. The maximum atomic E-state index is 13.0. The van der Waals surface area contributed by atoms with Crippen molar-refractivity contribution in [2.75, 3.05) is 24.9 Å². The lowest BCUT2D eigenvalue weighted by Gasteiger charge is -2.09. The fraction of sp³-hybridized carbons (Fsp3) is 0.130. The van der Waals surface area contributed by atoms with Gasteiger partial charge < -0.3 is 20.1 Å². The highest BCUT2D eigenvalue weighted by atomic mass is 32.1. The van der Waals surface area contributed by atoms with Crippen molar-refractivity contribution in [1.29, 1.82) is 0 Å². The van der Waals surface area contributed by atoms with Crippen LogP contribution in [0.5, 0.6) is 0 Å². The van der Waals surface area contributed by atoms with Gasteiger partial charge in [-0.3, -0.25) is 9.59 Å². The third-order valence-electron chi connectivity index (χ3n) is 4.59. The standard InChI is InChI=1S/C23H20N2O6S/c1-13-17(23(29)31-3)21(25-19(26)14-9-5-4-6-10-14)32-18(13)20(27)24-16-12-8-7-11-15(16)22(28)30-2/h4-12H,1-3H3,(H,24,27)(H,25,26). The molecule has 2 amide bonds. The van der Waals surface area contributed by atoms with Gasteiger partial charge in [0.25, 0.3) is 11.8 Å². The highest BCUT2D eigenvalue weighted by Crippen LogP contribution is 2.35. The van der Waals surface area contributed by atoms with Crippen LogP contribution in [0.1, 0.15) is 46.3 Å². The van der Waals surface area contributed by atoms with Crippen LogP contribution in [0.3, 0.4) is 0 Å². The smallest absolute Gasteiger partial charge is 0.341 e. The molecule has 0 radical (unpaired) electrons. The minimum Gasteiger partial charge on any atom is -0.465 e. The highest BCUT2D eigenvalue weighted by Gasteiger charge is 2.27. The number of hydrogen-bond acceptors (Lipinski definition) is 7. The molecule has 2 N–H and O–H groups in total. The first kappa shape index (κ1) is 22.7. The van der Waals surface area contributed by atoms with Gasteiger partial charge in [-0.2, -0.15) is 0 Å². The number of amides is 2. The number of hydrogen-bond donors (Lipinski definition) is 2.